The van der Waals surface area contributed by atoms with Gasteiger partial charge < -0.3 is 28.5 Å². The van der Waals surface area contributed by atoms with Gasteiger partial charge in [0.15, 0.2) is 23.5 Å². The molecule has 2 aromatic carbocycles. The first-order valence-electron chi connectivity index (χ1n) is 9.49. The first kappa shape index (κ1) is 22.0. The van der Waals surface area contributed by atoms with Crippen LogP contribution in [0.1, 0.15) is 20.8 Å². The Morgan fingerprint density at radius 2 is 1.74 bits per heavy atom. The average Bonchev–Trinajstić information content (AvgIpc) is 2.69. The zero-order chi connectivity index (χ0) is 22.8. The lowest BCUT2D eigenvalue weighted by Gasteiger charge is -2.19. The minimum absolute atomic E-state index is 0.00819. The summed E-state index contributed by atoms with van der Waals surface area (Å²) in [5.41, 5.74) is -0.387. The van der Waals surface area contributed by atoms with E-state index in [0.29, 0.717) is 17.1 Å². The lowest BCUT2D eigenvalue weighted by Crippen LogP contribution is -2.27. The molecule has 0 fully saturated rings. The molecular weight excluding hydrogens is 404 g/mol. The van der Waals surface area contributed by atoms with Crippen LogP contribution >= 0.6 is 0 Å². The van der Waals surface area contributed by atoms with Gasteiger partial charge in [-0.25, -0.2) is 4.79 Å². The van der Waals surface area contributed by atoms with Crippen molar-refractivity contribution in [2.45, 2.75) is 26.4 Å². The van der Waals surface area contributed by atoms with Crippen molar-refractivity contribution in [3.05, 3.63) is 46.6 Å². The molecule has 0 amide bonds. The van der Waals surface area contributed by atoms with Crippen LogP contribution in [0.5, 0.6) is 23.0 Å². The Bertz CT molecular complexity index is 1170. The number of carbonyl (C=O) groups is 1. The van der Waals surface area contributed by atoms with Crippen LogP contribution in [0.25, 0.3) is 22.3 Å². The third-order valence-electron chi connectivity index (χ3n) is 4.23. The summed E-state index contributed by atoms with van der Waals surface area (Å²) in [5, 5.41) is 10.3. The van der Waals surface area contributed by atoms with Crippen molar-refractivity contribution in [3.63, 3.8) is 0 Å². The Morgan fingerprint density at radius 3 is 2.39 bits per heavy atom. The van der Waals surface area contributed by atoms with E-state index >= 15 is 0 Å². The van der Waals surface area contributed by atoms with Crippen LogP contribution in [-0.2, 0) is 9.53 Å². The molecule has 31 heavy (non-hydrogen) atoms. The molecule has 8 nitrogen and oxygen atoms in total. The molecule has 0 bridgehead atoms. The quantitative estimate of drug-likeness (QED) is 0.590. The minimum Gasteiger partial charge on any atom is -0.507 e. The number of rotatable bonds is 6. The summed E-state index contributed by atoms with van der Waals surface area (Å²) in [4.78, 5) is 24.5. The standard InChI is InChI=1S/C23H24O8/c1-23(2,3)31-21(26)12-29-14-9-15(24)22-16(25)11-18(30-20(22)10-14)13-6-7-17(27-4)19(8-13)28-5/h6-11,24H,12H2,1-5H3. The van der Waals surface area contributed by atoms with Crippen molar-refractivity contribution in [1.29, 1.82) is 0 Å². The Morgan fingerprint density at radius 1 is 1.03 bits per heavy atom. The molecule has 0 aliphatic rings. The normalized spacial score (nSPS) is 11.3. The van der Waals surface area contributed by atoms with Crippen molar-refractivity contribution in [1.82, 2.24) is 0 Å². The SMILES string of the molecule is COc1ccc(-c2cc(=O)c3c(O)cc(OCC(=O)OC(C)(C)C)cc3o2)cc1OC. The molecule has 8 heteroatoms. The van der Waals surface area contributed by atoms with Crippen molar-refractivity contribution in [2.75, 3.05) is 20.8 Å². The summed E-state index contributed by atoms with van der Waals surface area (Å²) in [7, 11) is 3.03. The molecule has 0 atom stereocenters. The second kappa shape index (κ2) is 8.59. The largest absolute Gasteiger partial charge is 0.507 e. The van der Waals surface area contributed by atoms with Crippen molar-refractivity contribution in [3.8, 4) is 34.3 Å². The third-order valence-corrected chi connectivity index (χ3v) is 4.23. The number of phenols is 1. The van der Waals surface area contributed by atoms with E-state index < -0.39 is 17.0 Å². The monoisotopic (exact) mass is 428 g/mol. The van der Waals surface area contributed by atoms with Crippen LogP contribution in [-0.4, -0.2) is 37.5 Å². The summed E-state index contributed by atoms with van der Waals surface area (Å²) < 4.78 is 27.0. The van der Waals surface area contributed by atoms with E-state index in [4.69, 9.17) is 23.4 Å². The van der Waals surface area contributed by atoms with Crippen LogP contribution < -0.4 is 19.6 Å². The van der Waals surface area contributed by atoms with Gasteiger partial charge in [0.05, 0.1) is 14.2 Å². The topological polar surface area (TPSA) is 104 Å². The van der Waals surface area contributed by atoms with Gasteiger partial charge in [-0.1, -0.05) is 0 Å². The maximum atomic E-state index is 12.6. The average molecular weight is 428 g/mol. The Labute approximate surface area is 178 Å². The van der Waals surface area contributed by atoms with Crippen LogP contribution in [0, 0.1) is 0 Å². The first-order valence-corrected chi connectivity index (χ1v) is 9.49. The van der Waals surface area contributed by atoms with Crippen LogP contribution in [0.2, 0.25) is 0 Å². The predicted octanol–water partition coefficient (Wildman–Crippen LogP) is 3.90. The highest BCUT2D eigenvalue weighted by Crippen LogP contribution is 2.35. The molecule has 164 valence electrons. The van der Waals surface area contributed by atoms with E-state index in [0.717, 1.165) is 0 Å². The Kier molecular flexibility index (Phi) is 6.10. The maximum Gasteiger partial charge on any atom is 0.344 e. The maximum absolute atomic E-state index is 12.6. The highest BCUT2D eigenvalue weighted by molar-refractivity contribution is 5.86. The fourth-order valence-electron chi connectivity index (χ4n) is 2.97. The number of esters is 1. The molecule has 3 aromatic rings. The number of hydrogen-bond donors (Lipinski definition) is 1. The fourth-order valence-corrected chi connectivity index (χ4v) is 2.97. The van der Waals surface area contributed by atoms with Gasteiger partial charge in [0.25, 0.3) is 0 Å². The first-order chi connectivity index (χ1) is 14.6. The molecule has 1 N–H and O–H groups in total. The summed E-state index contributed by atoms with van der Waals surface area (Å²) in [6.45, 7) is 4.88. The van der Waals surface area contributed by atoms with Gasteiger partial charge in [-0.2, -0.15) is 0 Å². The number of carbonyl (C=O) groups excluding carboxylic acids is 1. The molecule has 0 unspecified atom stereocenters. The summed E-state index contributed by atoms with van der Waals surface area (Å²) in [6.07, 6.45) is 0. The Balaban J connectivity index is 1.97. The lowest BCUT2D eigenvalue weighted by atomic mass is 10.1. The number of hydrogen-bond acceptors (Lipinski definition) is 8. The van der Waals surface area contributed by atoms with E-state index in [9.17, 15) is 14.7 Å². The Hall–Kier alpha value is -3.68. The molecule has 0 spiro atoms. The second-order valence-electron chi connectivity index (χ2n) is 7.74. The zero-order valence-electron chi connectivity index (χ0n) is 18.0. The van der Waals surface area contributed by atoms with Crippen molar-refractivity contribution < 1.29 is 33.3 Å². The van der Waals surface area contributed by atoms with Gasteiger partial charge in [-0.05, 0) is 39.0 Å². The number of methoxy groups -OCH3 is 2. The van der Waals surface area contributed by atoms with Crippen molar-refractivity contribution in [2.24, 2.45) is 0 Å². The van der Waals surface area contributed by atoms with Crippen LogP contribution in [0.3, 0.4) is 0 Å². The van der Waals surface area contributed by atoms with E-state index in [-0.39, 0.29) is 34.8 Å². The van der Waals surface area contributed by atoms with Gasteiger partial charge in [-0.3, -0.25) is 4.79 Å². The van der Waals surface area contributed by atoms with Crippen molar-refractivity contribution >= 4 is 16.9 Å². The molecular formula is C23H24O8. The highest BCUT2D eigenvalue weighted by atomic mass is 16.6. The summed E-state index contributed by atoms with van der Waals surface area (Å²) in [6, 6.07) is 9.05. The number of fused-ring (bicyclic) bond motifs is 1. The molecule has 0 radical (unpaired) electrons. The number of benzene rings is 2. The second-order valence-corrected chi connectivity index (χ2v) is 7.74. The van der Waals surface area contributed by atoms with E-state index in [2.05, 4.69) is 0 Å². The van der Waals surface area contributed by atoms with Gasteiger partial charge in [0.2, 0.25) is 0 Å². The lowest BCUT2D eigenvalue weighted by molar-refractivity contribution is -0.157. The number of ether oxygens (including phenoxy) is 4. The van der Waals surface area contributed by atoms with E-state index in [1.54, 1.807) is 39.0 Å². The predicted molar refractivity (Wildman–Crippen MR) is 114 cm³/mol. The minimum atomic E-state index is -0.646. The summed E-state index contributed by atoms with van der Waals surface area (Å²) >= 11 is 0. The molecule has 1 heterocycles. The molecule has 1 aromatic heterocycles. The van der Waals surface area contributed by atoms with Gasteiger partial charge >= 0.3 is 5.97 Å². The summed E-state index contributed by atoms with van der Waals surface area (Å²) in [5.74, 6) is 0.549. The molecule has 0 saturated heterocycles. The van der Waals surface area contributed by atoms with Gasteiger partial charge in [0.1, 0.15) is 33.8 Å². The van der Waals surface area contributed by atoms with Crippen LogP contribution in [0.4, 0.5) is 0 Å². The zero-order valence-corrected chi connectivity index (χ0v) is 18.0. The smallest absolute Gasteiger partial charge is 0.344 e. The number of phenolic OH excluding ortho intramolecular Hbond substituents is 1. The van der Waals surface area contributed by atoms with E-state index in [1.165, 1.54) is 32.4 Å². The fraction of sp³-hybridized carbons (Fsp3) is 0.304. The van der Waals surface area contributed by atoms with E-state index in [1.807, 2.05) is 0 Å². The van der Waals surface area contributed by atoms with Gasteiger partial charge in [-0.15, -0.1) is 0 Å². The molecule has 0 saturated carbocycles. The number of aromatic hydroxyl groups is 1. The van der Waals surface area contributed by atoms with Gasteiger partial charge in [0, 0.05) is 23.8 Å². The van der Waals surface area contributed by atoms with Crippen LogP contribution in [0.15, 0.2) is 45.6 Å². The third kappa shape index (κ3) is 5.09. The molecule has 0 aliphatic heterocycles. The molecule has 3 rings (SSSR count). The molecule has 0 aliphatic carbocycles. The highest BCUT2D eigenvalue weighted by Gasteiger charge is 2.18.